The number of nitrogens with zero attached hydrogens (tertiary/aromatic N) is 1. The van der Waals surface area contributed by atoms with E-state index >= 15 is 0 Å². The summed E-state index contributed by atoms with van der Waals surface area (Å²) in [5.41, 5.74) is 2.20. The fraction of sp³-hybridized carbons (Fsp3) is 0.222. The van der Waals surface area contributed by atoms with Crippen LogP contribution in [0.3, 0.4) is 0 Å². The van der Waals surface area contributed by atoms with Gasteiger partial charge in [0.15, 0.2) is 5.69 Å². The van der Waals surface area contributed by atoms with E-state index in [0.717, 1.165) is 16.5 Å². The van der Waals surface area contributed by atoms with Gasteiger partial charge in [-0.05, 0) is 30.7 Å². The number of hydrogen-bond acceptors (Lipinski definition) is 4. The highest BCUT2D eigenvalue weighted by atomic mass is 16.5. The maximum absolute atomic E-state index is 12.2. The second-order valence-electron chi connectivity index (χ2n) is 5.61. The van der Waals surface area contributed by atoms with Crippen LogP contribution in [-0.4, -0.2) is 40.5 Å². The minimum atomic E-state index is -0.806. The predicted molar refractivity (Wildman–Crippen MR) is 91.1 cm³/mol. The Hall–Kier alpha value is -2.86. The van der Waals surface area contributed by atoms with Crippen LogP contribution in [0, 0.1) is 6.92 Å². The van der Waals surface area contributed by atoms with Gasteiger partial charge in [-0.25, -0.2) is 0 Å². The lowest BCUT2D eigenvalue weighted by molar-refractivity contribution is 0.0841. The van der Waals surface area contributed by atoms with E-state index in [1.165, 1.54) is 0 Å². The topological polar surface area (TPSA) is 87.2 Å². The van der Waals surface area contributed by atoms with E-state index in [1.807, 2.05) is 55.5 Å². The van der Waals surface area contributed by atoms with Gasteiger partial charge in [0.25, 0.3) is 5.91 Å². The smallest absolute Gasteiger partial charge is 0.272 e. The first-order valence-corrected chi connectivity index (χ1v) is 7.72. The summed E-state index contributed by atoms with van der Waals surface area (Å²) in [5, 5.41) is 20.2. The maximum atomic E-state index is 12.2. The molecule has 3 rings (SSSR count). The normalized spacial score (nSPS) is 12.1. The molecule has 1 aromatic heterocycles. The molecule has 3 aromatic rings. The van der Waals surface area contributed by atoms with Crippen molar-refractivity contribution in [1.29, 1.82) is 0 Å². The Balaban J connectivity index is 1.52. The van der Waals surface area contributed by atoms with Crippen LogP contribution in [0.15, 0.2) is 48.5 Å². The average molecular weight is 325 g/mol. The van der Waals surface area contributed by atoms with Crippen LogP contribution in [0.2, 0.25) is 0 Å². The van der Waals surface area contributed by atoms with Gasteiger partial charge in [-0.1, -0.05) is 30.3 Å². The molecular weight excluding hydrogens is 306 g/mol. The molecule has 0 unspecified atom stereocenters. The number of carbonyl (C=O) groups is 1. The molecule has 1 heterocycles. The zero-order valence-corrected chi connectivity index (χ0v) is 13.3. The third kappa shape index (κ3) is 3.72. The third-order valence-corrected chi connectivity index (χ3v) is 3.62. The molecule has 24 heavy (non-hydrogen) atoms. The standard InChI is InChI=1S/C18H19N3O3/c1-12-5-4-6-14(9-12)24-11-13(22)10-19-18(23)17-15-7-2-3-8-16(15)20-21-17/h2-9,13,22H,10-11H2,1H3,(H,19,23)(H,20,21)/t13-/m0/s1. The Morgan fingerprint density at radius 3 is 2.96 bits per heavy atom. The van der Waals surface area contributed by atoms with Gasteiger partial charge in [-0.3, -0.25) is 9.89 Å². The molecule has 0 radical (unpaired) electrons. The summed E-state index contributed by atoms with van der Waals surface area (Å²) < 4.78 is 5.52. The van der Waals surface area contributed by atoms with Gasteiger partial charge < -0.3 is 15.2 Å². The van der Waals surface area contributed by atoms with Crippen LogP contribution in [0.1, 0.15) is 16.1 Å². The Bertz CT molecular complexity index is 844. The summed E-state index contributed by atoms with van der Waals surface area (Å²) in [6.45, 7) is 2.16. The summed E-state index contributed by atoms with van der Waals surface area (Å²) in [6, 6.07) is 15.0. The van der Waals surface area contributed by atoms with E-state index < -0.39 is 6.10 Å². The van der Waals surface area contributed by atoms with Crippen LogP contribution < -0.4 is 10.1 Å². The van der Waals surface area contributed by atoms with Crippen molar-refractivity contribution in [3.63, 3.8) is 0 Å². The van der Waals surface area contributed by atoms with Crippen molar-refractivity contribution in [2.24, 2.45) is 0 Å². The van der Waals surface area contributed by atoms with Gasteiger partial charge in [-0.15, -0.1) is 0 Å². The molecule has 0 aliphatic carbocycles. The summed E-state index contributed by atoms with van der Waals surface area (Å²) in [4.78, 5) is 12.2. The molecule has 0 saturated carbocycles. The second kappa shape index (κ2) is 7.14. The first-order chi connectivity index (χ1) is 11.6. The maximum Gasteiger partial charge on any atom is 0.272 e. The molecule has 0 saturated heterocycles. The van der Waals surface area contributed by atoms with E-state index in [4.69, 9.17) is 4.74 Å². The lowest BCUT2D eigenvalue weighted by Gasteiger charge is -2.13. The highest BCUT2D eigenvalue weighted by Gasteiger charge is 2.15. The molecule has 1 atom stereocenters. The van der Waals surface area contributed by atoms with E-state index in [1.54, 1.807) is 0 Å². The number of H-pyrrole nitrogens is 1. The molecule has 6 nitrogen and oxygen atoms in total. The van der Waals surface area contributed by atoms with E-state index in [9.17, 15) is 9.90 Å². The zero-order valence-electron chi connectivity index (χ0n) is 13.3. The van der Waals surface area contributed by atoms with Crippen LogP contribution in [0.5, 0.6) is 5.75 Å². The molecule has 0 aliphatic rings. The van der Waals surface area contributed by atoms with Gasteiger partial charge in [0.05, 0.1) is 5.52 Å². The van der Waals surface area contributed by atoms with Gasteiger partial charge in [0.1, 0.15) is 18.5 Å². The molecule has 0 aliphatic heterocycles. The summed E-state index contributed by atoms with van der Waals surface area (Å²) >= 11 is 0. The first kappa shape index (κ1) is 16.0. The van der Waals surface area contributed by atoms with E-state index in [-0.39, 0.29) is 19.1 Å². The van der Waals surface area contributed by atoms with Crippen molar-refractivity contribution in [3.05, 3.63) is 59.8 Å². The van der Waals surface area contributed by atoms with E-state index in [0.29, 0.717) is 11.4 Å². The van der Waals surface area contributed by atoms with Gasteiger partial charge >= 0.3 is 0 Å². The number of aliphatic hydroxyl groups excluding tert-OH is 1. The molecule has 124 valence electrons. The largest absolute Gasteiger partial charge is 0.491 e. The number of nitrogens with one attached hydrogen (secondary N) is 2. The van der Waals surface area contributed by atoms with Crippen LogP contribution >= 0.6 is 0 Å². The van der Waals surface area contributed by atoms with Crippen molar-refractivity contribution >= 4 is 16.8 Å². The van der Waals surface area contributed by atoms with Gasteiger partial charge in [-0.2, -0.15) is 5.10 Å². The summed E-state index contributed by atoms with van der Waals surface area (Å²) in [5.74, 6) is 0.362. The molecule has 2 aromatic carbocycles. The lowest BCUT2D eigenvalue weighted by atomic mass is 10.2. The SMILES string of the molecule is Cc1cccc(OC[C@@H](O)CNC(=O)c2n[nH]c3ccccc23)c1. The third-order valence-electron chi connectivity index (χ3n) is 3.62. The Morgan fingerprint density at radius 2 is 2.12 bits per heavy atom. The number of aryl methyl sites for hydroxylation is 1. The number of carbonyl (C=O) groups excluding carboxylic acids is 1. The summed E-state index contributed by atoms with van der Waals surface area (Å²) in [6.07, 6.45) is -0.806. The number of fused-ring (bicyclic) bond motifs is 1. The number of aromatic nitrogens is 2. The number of para-hydroxylation sites is 1. The van der Waals surface area contributed by atoms with E-state index in [2.05, 4.69) is 15.5 Å². The molecule has 0 spiro atoms. The number of rotatable bonds is 6. The fourth-order valence-corrected chi connectivity index (χ4v) is 2.39. The second-order valence-corrected chi connectivity index (χ2v) is 5.61. The number of amides is 1. The first-order valence-electron chi connectivity index (χ1n) is 7.72. The molecule has 0 fully saturated rings. The molecule has 0 bridgehead atoms. The van der Waals surface area contributed by atoms with Gasteiger partial charge in [0.2, 0.25) is 0 Å². The Labute approximate surface area is 139 Å². The monoisotopic (exact) mass is 325 g/mol. The van der Waals surface area contributed by atoms with Crippen molar-refractivity contribution in [1.82, 2.24) is 15.5 Å². The minimum Gasteiger partial charge on any atom is -0.491 e. The molecular formula is C18H19N3O3. The van der Waals surface area contributed by atoms with Crippen LogP contribution in [-0.2, 0) is 0 Å². The molecule has 1 amide bonds. The predicted octanol–water partition coefficient (Wildman–Crippen LogP) is 2.04. The minimum absolute atomic E-state index is 0.0891. The van der Waals surface area contributed by atoms with Crippen molar-refractivity contribution in [3.8, 4) is 5.75 Å². The number of benzene rings is 2. The summed E-state index contributed by atoms with van der Waals surface area (Å²) in [7, 11) is 0. The highest BCUT2D eigenvalue weighted by molar-refractivity contribution is 6.04. The fourth-order valence-electron chi connectivity index (χ4n) is 2.39. The Morgan fingerprint density at radius 1 is 1.29 bits per heavy atom. The zero-order chi connectivity index (χ0) is 16.9. The van der Waals surface area contributed by atoms with Gasteiger partial charge in [0, 0.05) is 11.9 Å². The lowest BCUT2D eigenvalue weighted by Crippen LogP contribution is -2.35. The molecule has 6 heteroatoms. The quantitative estimate of drug-likeness (QED) is 0.647. The molecule has 3 N–H and O–H groups in total. The number of aromatic amines is 1. The van der Waals surface area contributed by atoms with Crippen molar-refractivity contribution in [2.75, 3.05) is 13.2 Å². The number of aliphatic hydroxyl groups is 1. The van der Waals surface area contributed by atoms with Crippen LogP contribution in [0.4, 0.5) is 0 Å². The highest BCUT2D eigenvalue weighted by Crippen LogP contribution is 2.15. The number of hydrogen-bond donors (Lipinski definition) is 3. The van der Waals surface area contributed by atoms with Crippen molar-refractivity contribution < 1.29 is 14.6 Å². The van der Waals surface area contributed by atoms with Crippen molar-refractivity contribution in [2.45, 2.75) is 13.0 Å². The Kier molecular flexibility index (Phi) is 4.77. The average Bonchev–Trinajstić information content (AvgIpc) is 3.02. The van der Waals surface area contributed by atoms with Crippen LogP contribution in [0.25, 0.3) is 10.9 Å². The number of ether oxygens (including phenoxy) is 1.